The first-order chi connectivity index (χ1) is 10.3. The number of aliphatic hydroxyl groups excluding tert-OH is 1. The Morgan fingerprint density at radius 1 is 1.00 bits per heavy atom. The molecule has 0 radical (unpaired) electrons. The predicted octanol–water partition coefficient (Wildman–Crippen LogP) is 0.512. The normalized spacial score (nSPS) is 17.2. The average Bonchev–Trinajstić information content (AvgIpc) is 2.99. The second kappa shape index (κ2) is 6.80. The first-order valence-electron chi connectivity index (χ1n) is 7.36. The molecule has 2 aromatic rings. The third-order valence-electron chi connectivity index (χ3n) is 3.83. The van der Waals surface area contributed by atoms with Gasteiger partial charge < -0.3 is 5.11 Å². The Kier molecular flexibility index (Phi) is 4.59. The Morgan fingerprint density at radius 3 is 2.43 bits per heavy atom. The van der Waals surface area contributed by atoms with E-state index in [0.717, 1.165) is 50.6 Å². The second-order valence-electron chi connectivity index (χ2n) is 5.33. The summed E-state index contributed by atoms with van der Waals surface area (Å²) in [6.07, 6.45) is 2.00. The van der Waals surface area contributed by atoms with Gasteiger partial charge in [-0.15, -0.1) is 5.10 Å². The van der Waals surface area contributed by atoms with Crippen LogP contribution in [0.5, 0.6) is 0 Å². The maximum atomic E-state index is 8.95. The molecule has 2 heterocycles. The molecular weight excluding hydrogens is 266 g/mol. The van der Waals surface area contributed by atoms with Gasteiger partial charge in [0.2, 0.25) is 0 Å². The van der Waals surface area contributed by atoms with Crippen molar-refractivity contribution >= 4 is 0 Å². The number of piperazine rings is 1. The zero-order chi connectivity index (χ0) is 14.5. The molecule has 1 aliphatic rings. The van der Waals surface area contributed by atoms with E-state index in [1.807, 2.05) is 41.2 Å². The highest BCUT2D eigenvalue weighted by molar-refractivity contribution is 5.56. The standard InChI is InChI=1S/C15H21N5O/c21-11-10-18-6-8-19(9-7-18)13-20-12-15(16-17-20)14-4-2-1-3-5-14/h1-5,12,21H,6-11,13H2. The van der Waals surface area contributed by atoms with Crippen LogP contribution < -0.4 is 0 Å². The molecule has 1 aliphatic heterocycles. The topological polar surface area (TPSA) is 57.4 Å². The minimum atomic E-state index is 0.240. The fourth-order valence-corrected chi connectivity index (χ4v) is 2.61. The Labute approximate surface area is 124 Å². The summed E-state index contributed by atoms with van der Waals surface area (Å²) in [5.74, 6) is 0. The van der Waals surface area contributed by atoms with E-state index >= 15 is 0 Å². The van der Waals surface area contributed by atoms with Crippen molar-refractivity contribution in [3.63, 3.8) is 0 Å². The third-order valence-corrected chi connectivity index (χ3v) is 3.83. The van der Waals surface area contributed by atoms with Gasteiger partial charge in [0, 0.05) is 38.3 Å². The predicted molar refractivity (Wildman–Crippen MR) is 80.6 cm³/mol. The van der Waals surface area contributed by atoms with Crippen LogP contribution in [0, 0.1) is 0 Å². The molecule has 1 saturated heterocycles. The lowest BCUT2D eigenvalue weighted by atomic mass is 10.2. The molecule has 6 heteroatoms. The van der Waals surface area contributed by atoms with E-state index in [9.17, 15) is 0 Å². The molecule has 0 unspecified atom stereocenters. The van der Waals surface area contributed by atoms with Crippen LogP contribution in [0.2, 0.25) is 0 Å². The Bertz CT molecular complexity index is 548. The van der Waals surface area contributed by atoms with E-state index < -0.39 is 0 Å². The minimum absolute atomic E-state index is 0.240. The molecule has 21 heavy (non-hydrogen) atoms. The van der Waals surface area contributed by atoms with Gasteiger partial charge in [-0.3, -0.25) is 9.80 Å². The van der Waals surface area contributed by atoms with E-state index in [1.54, 1.807) is 0 Å². The number of benzene rings is 1. The molecule has 0 spiro atoms. The molecule has 0 bridgehead atoms. The largest absolute Gasteiger partial charge is 0.395 e. The SMILES string of the molecule is OCCN1CCN(Cn2cc(-c3ccccc3)nn2)CC1. The maximum absolute atomic E-state index is 8.95. The fourth-order valence-electron chi connectivity index (χ4n) is 2.61. The number of hydrogen-bond acceptors (Lipinski definition) is 5. The van der Waals surface area contributed by atoms with Gasteiger partial charge in [0.15, 0.2) is 0 Å². The highest BCUT2D eigenvalue weighted by atomic mass is 16.3. The van der Waals surface area contributed by atoms with Crippen LogP contribution >= 0.6 is 0 Å². The molecule has 0 amide bonds. The first kappa shape index (κ1) is 14.2. The lowest BCUT2D eigenvalue weighted by molar-refractivity contribution is 0.0891. The van der Waals surface area contributed by atoms with Crippen LogP contribution in [0.15, 0.2) is 36.5 Å². The number of hydrogen-bond donors (Lipinski definition) is 1. The van der Waals surface area contributed by atoms with Gasteiger partial charge in [-0.2, -0.15) is 0 Å². The smallest absolute Gasteiger partial charge is 0.113 e. The molecule has 0 saturated carbocycles. The maximum Gasteiger partial charge on any atom is 0.113 e. The van der Waals surface area contributed by atoms with E-state index in [-0.39, 0.29) is 6.61 Å². The van der Waals surface area contributed by atoms with Gasteiger partial charge in [0.05, 0.1) is 19.5 Å². The summed E-state index contributed by atoms with van der Waals surface area (Å²) in [6.45, 7) is 5.79. The molecule has 6 nitrogen and oxygen atoms in total. The lowest BCUT2D eigenvalue weighted by Gasteiger charge is -2.33. The second-order valence-corrected chi connectivity index (χ2v) is 5.33. The van der Waals surface area contributed by atoms with Crippen LogP contribution in [-0.2, 0) is 6.67 Å². The molecule has 0 aliphatic carbocycles. The summed E-state index contributed by atoms with van der Waals surface area (Å²) in [6, 6.07) is 10.1. The van der Waals surface area contributed by atoms with Gasteiger partial charge in [0.1, 0.15) is 5.69 Å². The molecule has 3 rings (SSSR count). The van der Waals surface area contributed by atoms with Crippen LogP contribution in [0.3, 0.4) is 0 Å². The molecule has 1 aromatic carbocycles. The van der Waals surface area contributed by atoms with E-state index in [2.05, 4.69) is 20.1 Å². The zero-order valence-corrected chi connectivity index (χ0v) is 12.1. The van der Waals surface area contributed by atoms with Gasteiger partial charge in [0.25, 0.3) is 0 Å². The van der Waals surface area contributed by atoms with Crippen molar-refractivity contribution in [1.82, 2.24) is 24.8 Å². The fraction of sp³-hybridized carbons (Fsp3) is 0.467. The summed E-state index contributed by atoms with van der Waals surface area (Å²) in [7, 11) is 0. The Hall–Kier alpha value is -1.76. The summed E-state index contributed by atoms with van der Waals surface area (Å²) in [4.78, 5) is 4.64. The Morgan fingerprint density at radius 2 is 1.71 bits per heavy atom. The molecular formula is C15H21N5O. The van der Waals surface area contributed by atoms with Gasteiger partial charge >= 0.3 is 0 Å². The molecule has 1 aromatic heterocycles. The van der Waals surface area contributed by atoms with Crippen LogP contribution in [0.1, 0.15) is 0 Å². The van der Waals surface area contributed by atoms with Gasteiger partial charge in [-0.05, 0) is 0 Å². The zero-order valence-electron chi connectivity index (χ0n) is 12.1. The highest BCUT2D eigenvalue weighted by Crippen LogP contribution is 2.15. The monoisotopic (exact) mass is 287 g/mol. The summed E-state index contributed by atoms with van der Waals surface area (Å²) < 4.78 is 1.89. The number of β-amino-alcohol motifs (C(OH)–C–C–N with tert-alkyl or cyclic N) is 1. The van der Waals surface area contributed by atoms with Crippen LogP contribution in [0.25, 0.3) is 11.3 Å². The van der Waals surface area contributed by atoms with E-state index in [4.69, 9.17) is 5.11 Å². The van der Waals surface area contributed by atoms with Crippen molar-refractivity contribution in [2.45, 2.75) is 6.67 Å². The molecule has 0 atom stereocenters. The van der Waals surface area contributed by atoms with Crippen molar-refractivity contribution in [3.8, 4) is 11.3 Å². The van der Waals surface area contributed by atoms with Crippen molar-refractivity contribution < 1.29 is 5.11 Å². The molecule has 112 valence electrons. The quantitative estimate of drug-likeness (QED) is 0.868. The minimum Gasteiger partial charge on any atom is -0.395 e. The van der Waals surface area contributed by atoms with Crippen molar-refractivity contribution in [2.75, 3.05) is 39.3 Å². The molecule has 1 N–H and O–H groups in total. The number of aromatic nitrogens is 3. The number of nitrogens with zero attached hydrogens (tertiary/aromatic N) is 5. The van der Waals surface area contributed by atoms with E-state index in [1.165, 1.54) is 0 Å². The van der Waals surface area contributed by atoms with Crippen molar-refractivity contribution in [3.05, 3.63) is 36.5 Å². The third kappa shape index (κ3) is 3.66. The summed E-state index contributed by atoms with van der Waals surface area (Å²) >= 11 is 0. The number of rotatable bonds is 5. The Balaban J connectivity index is 1.56. The van der Waals surface area contributed by atoms with Crippen molar-refractivity contribution in [1.29, 1.82) is 0 Å². The average molecular weight is 287 g/mol. The van der Waals surface area contributed by atoms with Gasteiger partial charge in [-0.1, -0.05) is 35.5 Å². The van der Waals surface area contributed by atoms with Crippen molar-refractivity contribution in [2.24, 2.45) is 0 Å². The van der Waals surface area contributed by atoms with E-state index in [0.29, 0.717) is 0 Å². The number of aliphatic hydroxyl groups is 1. The van der Waals surface area contributed by atoms with Crippen LogP contribution in [0.4, 0.5) is 0 Å². The van der Waals surface area contributed by atoms with Crippen LogP contribution in [-0.4, -0.2) is 69.2 Å². The summed E-state index contributed by atoms with van der Waals surface area (Å²) in [5, 5.41) is 17.4. The highest BCUT2D eigenvalue weighted by Gasteiger charge is 2.16. The van der Waals surface area contributed by atoms with Gasteiger partial charge in [-0.25, -0.2) is 4.68 Å². The lowest BCUT2D eigenvalue weighted by Crippen LogP contribution is -2.47. The summed E-state index contributed by atoms with van der Waals surface area (Å²) in [5.41, 5.74) is 2.01. The molecule has 1 fully saturated rings. The first-order valence-corrected chi connectivity index (χ1v) is 7.36.